The molecule has 0 aliphatic heterocycles. The van der Waals surface area contributed by atoms with E-state index in [0.717, 1.165) is 49.0 Å². The summed E-state index contributed by atoms with van der Waals surface area (Å²) < 4.78 is 1.80. The lowest BCUT2D eigenvalue weighted by Gasteiger charge is -2.06. The highest BCUT2D eigenvalue weighted by Gasteiger charge is 2.33. The SMILES string of the molecule is CNC(=O)[C@@H](C#N)C(=O)c1nn(-c2ccccc2)c2c1CCCCC2. The summed E-state index contributed by atoms with van der Waals surface area (Å²) in [6.45, 7) is 0. The first-order valence-corrected chi connectivity index (χ1v) is 8.49. The number of rotatable bonds is 4. The first-order chi connectivity index (χ1) is 12.2. The fraction of sp³-hybridized carbons (Fsp3) is 0.368. The minimum absolute atomic E-state index is 0.260. The van der Waals surface area contributed by atoms with Gasteiger partial charge in [-0.15, -0.1) is 0 Å². The molecular formula is C19H20N4O2. The summed E-state index contributed by atoms with van der Waals surface area (Å²) in [5.74, 6) is -2.48. The molecule has 1 aliphatic rings. The number of hydrogen-bond donors (Lipinski definition) is 1. The summed E-state index contributed by atoms with van der Waals surface area (Å²) in [4.78, 5) is 24.7. The molecule has 6 nitrogen and oxygen atoms in total. The number of benzene rings is 1. The van der Waals surface area contributed by atoms with E-state index < -0.39 is 17.6 Å². The average Bonchev–Trinajstić information content (AvgIpc) is 2.83. The predicted molar refractivity (Wildman–Crippen MR) is 92.3 cm³/mol. The van der Waals surface area contributed by atoms with E-state index in [9.17, 15) is 14.9 Å². The van der Waals surface area contributed by atoms with Crippen LogP contribution in [0.2, 0.25) is 0 Å². The number of nitrogens with zero attached hydrogens (tertiary/aromatic N) is 3. The highest BCUT2D eigenvalue weighted by atomic mass is 16.2. The van der Waals surface area contributed by atoms with Gasteiger partial charge in [0.05, 0.1) is 11.8 Å². The Morgan fingerprint density at radius 1 is 1.20 bits per heavy atom. The first kappa shape index (κ1) is 16.9. The maximum absolute atomic E-state index is 12.8. The Labute approximate surface area is 146 Å². The van der Waals surface area contributed by atoms with Crippen LogP contribution in [-0.4, -0.2) is 28.5 Å². The Morgan fingerprint density at radius 3 is 2.60 bits per heavy atom. The van der Waals surface area contributed by atoms with Gasteiger partial charge in [-0.05, 0) is 37.8 Å². The molecule has 1 amide bonds. The van der Waals surface area contributed by atoms with Crippen molar-refractivity contribution in [1.29, 1.82) is 5.26 Å². The molecule has 3 rings (SSSR count). The molecule has 0 unspecified atom stereocenters. The minimum Gasteiger partial charge on any atom is -0.358 e. The lowest BCUT2D eigenvalue weighted by Crippen LogP contribution is -2.32. The van der Waals surface area contributed by atoms with E-state index in [1.165, 1.54) is 7.05 Å². The molecule has 1 aromatic carbocycles. The second-order valence-corrected chi connectivity index (χ2v) is 6.12. The summed E-state index contributed by atoms with van der Waals surface area (Å²) in [6.07, 6.45) is 4.69. The average molecular weight is 336 g/mol. The molecule has 0 fully saturated rings. The molecule has 1 N–H and O–H groups in total. The van der Waals surface area contributed by atoms with Crippen LogP contribution in [0.3, 0.4) is 0 Å². The molecule has 2 aromatic rings. The van der Waals surface area contributed by atoms with Crippen LogP contribution in [0, 0.1) is 17.2 Å². The molecule has 6 heteroatoms. The number of ketones is 1. The van der Waals surface area contributed by atoms with Crippen LogP contribution in [0.4, 0.5) is 0 Å². The van der Waals surface area contributed by atoms with Crippen molar-refractivity contribution in [2.24, 2.45) is 5.92 Å². The number of hydrogen-bond acceptors (Lipinski definition) is 4. The summed E-state index contributed by atoms with van der Waals surface area (Å²) in [7, 11) is 1.42. The topological polar surface area (TPSA) is 87.8 Å². The van der Waals surface area contributed by atoms with Crippen LogP contribution in [0.1, 0.15) is 41.0 Å². The van der Waals surface area contributed by atoms with E-state index in [1.54, 1.807) is 4.68 Å². The molecular weight excluding hydrogens is 316 g/mol. The van der Waals surface area contributed by atoms with Crippen molar-refractivity contribution < 1.29 is 9.59 Å². The van der Waals surface area contributed by atoms with Crippen molar-refractivity contribution in [1.82, 2.24) is 15.1 Å². The Balaban J connectivity index is 2.11. The fourth-order valence-corrected chi connectivity index (χ4v) is 3.27. The van der Waals surface area contributed by atoms with E-state index in [2.05, 4.69) is 10.4 Å². The van der Waals surface area contributed by atoms with Crippen LogP contribution in [-0.2, 0) is 17.6 Å². The Morgan fingerprint density at radius 2 is 1.92 bits per heavy atom. The van der Waals surface area contributed by atoms with Gasteiger partial charge in [-0.2, -0.15) is 10.4 Å². The highest BCUT2D eigenvalue weighted by Crippen LogP contribution is 2.27. The number of nitrogens with one attached hydrogen (secondary N) is 1. The number of Topliss-reactive ketones (excluding diaryl/α,β-unsaturated/α-hetero) is 1. The van der Waals surface area contributed by atoms with Gasteiger partial charge in [0.15, 0.2) is 5.92 Å². The van der Waals surface area contributed by atoms with Gasteiger partial charge < -0.3 is 5.32 Å². The van der Waals surface area contributed by atoms with Crippen molar-refractivity contribution in [2.45, 2.75) is 32.1 Å². The van der Waals surface area contributed by atoms with Gasteiger partial charge in [-0.25, -0.2) is 4.68 Å². The van der Waals surface area contributed by atoms with Crippen LogP contribution in [0.15, 0.2) is 30.3 Å². The zero-order valence-electron chi connectivity index (χ0n) is 14.2. The zero-order valence-corrected chi connectivity index (χ0v) is 14.2. The predicted octanol–water partition coefficient (Wildman–Crippen LogP) is 2.21. The zero-order chi connectivity index (χ0) is 17.8. The third-order valence-electron chi connectivity index (χ3n) is 4.56. The quantitative estimate of drug-likeness (QED) is 0.527. The number of aromatic nitrogens is 2. The van der Waals surface area contributed by atoms with Crippen molar-refractivity contribution in [2.75, 3.05) is 7.05 Å². The van der Waals surface area contributed by atoms with E-state index in [0.29, 0.717) is 0 Å². The lowest BCUT2D eigenvalue weighted by atomic mass is 9.97. The fourth-order valence-electron chi connectivity index (χ4n) is 3.27. The van der Waals surface area contributed by atoms with Crippen molar-refractivity contribution in [3.63, 3.8) is 0 Å². The number of carbonyl (C=O) groups is 2. The van der Waals surface area contributed by atoms with Gasteiger partial charge in [0.2, 0.25) is 11.7 Å². The minimum atomic E-state index is -1.36. The molecule has 1 heterocycles. The van der Waals surface area contributed by atoms with E-state index >= 15 is 0 Å². The van der Waals surface area contributed by atoms with Gasteiger partial charge in [-0.1, -0.05) is 24.6 Å². The van der Waals surface area contributed by atoms with E-state index in [-0.39, 0.29) is 5.69 Å². The third-order valence-corrected chi connectivity index (χ3v) is 4.56. The monoisotopic (exact) mass is 336 g/mol. The number of para-hydroxylation sites is 1. The number of nitriles is 1. The maximum atomic E-state index is 12.8. The normalized spacial score (nSPS) is 14.7. The van der Waals surface area contributed by atoms with Crippen LogP contribution in [0.5, 0.6) is 0 Å². The molecule has 0 saturated carbocycles. The van der Waals surface area contributed by atoms with Gasteiger partial charge >= 0.3 is 0 Å². The van der Waals surface area contributed by atoms with Crippen molar-refractivity contribution in [3.8, 4) is 11.8 Å². The van der Waals surface area contributed by atoms with E-state index in [4.69, 9.17) is 0 Å². The van der Waals surface area contributed by atoms with Crippen LogP contribution >= 0.6 is 0 Å². The smallest absolute Gasteiger partial charge is 0.245 e. The Bertz CT molecular complexity index is 833. The Hall–Kier alpha value is -2.94. The largest absolute Gasteiger partial charge is 0.358 e. The Kier molecular flexibility index (Phi) is 4.94. The number of fused-ring (bicyclic) bond motifs is 1. The van der Waals surface area contributed by atoms with Gasteiger partial charge in [0.1, 0.15) is 5.69 Å². The molecule has 1 aliphatic carbocycles. The van der Waals surface area contributed by atoms with E-state index in [1.807, 2.05) is 36.4 Å². The standard InChI is InChI=1S/C19H20N4O2/c1-21-19(25)15(12-20)18(24)17-14-10-6-3-7-11-16(14)23(22-17)13-8-4-2-5-9-13/h2,4-5,8-9,15H,3,6-7,10-11H2,1H3,(H,21,25)/t15-/m0/s1. The van der Waals surface area contributed by atoms with Gasteiger partial charge in [-0.3, -0.25) is 9.59 Å². The molecule has 0 saturated heterocycles. The number of amides is 1. The van der Waals surface area contributed by atoms with Crippen LogP contribution < -0.4 is 5.32 Å². The second kappa shape index (κ2) is 7.31. The first-order valence-electron chi connectivity index (χ1n) is 8.49. The van der Waals surface area contributed by atoms with Crippen LogP contribution in [0.25, 0.3) is 5.69 Å². The molecule has 1 atom stereocenters. The van der Waals surface area contributed by atoms with Crippen molar-refractivity contribution >= 4 is 11.7 Å². The summed E-state index contributed by atoms with van der Waals surface area (Å²) >= 11 is 0. The molecule has 0 radical (unpaired) electrons. The molecule has 1 aromatic heterocycles. The summed E-state index contributed by atoms with van der Waals surface area (Å²) in [5, 5.41) is 16.2. The molecule has 128 valence electrons. The highest BCUT2D eigenvalue weighted by molar-refractivity contribution is 6.11. The van der Waals surface area contributed by atoms with Gasteiger partial charge in [0.25, 0.3) is 0 Å². The number of carbonyl (C=O) groups excluding carboxylic acids is 2. The lowest BCUT2D eigenvalue weighted by molar-refractivity contribution is -0.121. The third kappa shape index (κ3) is 3.18. The maximum Gasteiger partial charge on any atom is 0.245 e. The molecule has 25 heavy (non-hydrogen) atoms. The summed E-state index contributed by atoms with van der Waals surface area (Å²) in [6, 6.07) is 11.5. The molecule has 0 spiro atoms. The molecule has 0 bridgehead atoms. The van der Waals surface area contributed by atoms with Gasteiger partial charge in [0, 0.05) is 18.3 Å². The van der Waals surface area contributed by atoms with Crippen molar-refractivity contribution in [3.05, 3.63) is 47.3 Å². The second-order valence-electron chi connectivity index (χ2n) is 6.12. The summed E-state index contributed by atoms with van der Waals surface area (Å²) in [5.41, 5.74) is 3.04.